The molecule has 1 amide bonds. The highest BCUT2D eigenvalue weighted by Gasteiger charge is 2.18. The van der Waals surface area contributed by atoms with Crippen molar-refractivity contribution in [3.63, 3.8) is 0 Å². The fourth-order valence-electron chi connectivity index (χ4n) is 2.55. The van der Waals surface area contributed by atoms with Crippen LogP contribution in [0.2, 0.25) is 0 Å². The molecule has 0 aliphatic carbocycles. The normalized spacial score (nSPS) is 11.6. The molecule has 1 N–H and O–H groups in total. The van der Waals surface area contributed by atoms with Crippen LogP contribution in [-0.4, -0.2) is 39.3 Å². The Morgan fingerprint density at radius 2 is 1.66 bits per heavy atom. The number of anilines is 1. The number of carbonyl (C=O) groups excluding carboxylic acids is 2. The molecule has 154 valence electrons. The van der Waals surface area contributed by atoms with Crippen LogP contribution in [-0.2, 0) is 14.3 Å². The summed E-state index contributed by atoms with van der Waals surface area (Å²) in [5.41, 5.74) is 2.11. The van der Waals surface area contributed by atoms with Gasteiger partial charge in [0.2, 0.25) is 0 Å². The van der Waals surface area contributed by atoms with Gasteiger partial charge in [0.05, 0.1) is 27.0 Å². The van der Waals surface area contributed by atoms with Gasteiger partial charge in [-0.2, -0.15) is 0 Å². The van der Waals surface area contributed by atoms with Crippen LogP contribution in [0.4, 0.5) is 5.69 Å². The standard InChI is InChI=1S/C22H25NO6/c1-14-6-9-20(28-5)18(12-14)23-22(25)15(2)29-21(24)11-7-16-13-17(26-3)8-10-19(16)27-4/h6-13,15H,1-5H3,(H,23,25)/b11-7+. The van der Waals surface area contributed by atoms with Gasteiger partial charge in [-0.3, -0.25) is 4.79 Å². The summed E-state index contributed by atoms with van der Waals surface area (Å²) in [6.07, 6.45) is 1.77. The molecule has 0 fully saturated rings. The van der Waals surface area contributed by atoms with Crippen LogP contribution < -0.4 is 19.5 Å². The molecule has 7 heteroatoms. The number of carbonyl (C=O) groups is 2. The van der Waals surface area contributed by atoms with E-state index >= 15 is 0 Å². The minimum Gasteiger partial charge on any atom is -0.497 e. The fraction of sp³-hybridized carbons (Fsp3) is 0.273. The molecule has 29 heavy (non-hydrogen) atoms. The number of hydrogen-bond donors (Lipinski definition) is 1. The molecule has 2 aromatic rings. The Bertz CT molecular complexity index is 906. The minimum atomic E-state index is -0.996. The predicted molar refractivity (Wildman–Crippen MR) is 110 cm³/mol. The third kappa shape index (κ3) is 6.00. The molecule has 0 saturated heterocycles. The van der Waals surface area contributed by atoms with E-state index < -0.39 is 18.0 Å². The van der Waals surface area contributed by atoms with Gasteiger partial charge in [0.1, 0.15) is 17.2 Å². The average Bonchev–Trinajstić information content (AvgIpc) is 2.72. The van der Waals surface area contributed by atoms with Gasteiger partial charge in [-0.1, -0.05) is 6.07 Å². The molecule has 2 aromatic carbocycles. The Labute approximate surface area is 170 Å². The van der Waals surface area contributed by atoms with Gasteiger partial charge < -0.3 is 24.3 Å². The second-order valence-electron chi connectivity index (χ2n) is 6.21. The van der Waals surface area contributed by atoms with Crippen molar-refractivity contribution < 1.29 is 28.5 Å². The van der Waals surface area contributed by atoms with E-state index in [4.69, 9.17) is 18.9 Å². The van der Waals surface area contributed by atoms with Crippen molar-refractivity contribution in [2.24, 2.45) is 0 Å². The molecule has 0 aliphatic heterocycles. The molecule has 0 spiro atoms. The van der Waals surface area contributed by atoms with E-state index in [9.17, 15) is 9.59 Å². The zero-order valence-electron chi connectivity index (χ0n) is 17.1. The van der Waals surface area contributed by atoms with Crippen LogP contribution in [0.15, 0.2) is 42.5 Å². The SMILES string of the molecule is COc1ccc(OC)c(/C=C/C(=O)OC(C)C(=O)Nc2cc(C)ccc2OC)c1. The third-order valence-corrected chi connectivity index (χ3v) is 4.11. The summed E-state index contributed by atoms with van der Waals surface area (Å²) in [5, 5.41) is 2.71. The molecule has 0 aliphatic rings. The van der Waals surface area contributed by atoms with Crippen LogP contribution in [0.5, 0.6) is 17.2 Å². The zero-order chi connectivity index (χ0) is 21.4. The molecule has 2 rings (SSSR count). The van der Waals surface area contributed by atoms with E-state index in [1.165, 1.54) is 33.3 Å². The number of methoxy groups -OCH3 is 3. The molecule has 7 nitrogen and oxygen atoms in total. The summed E-state index contributed by atoms with van der Waals surface area (Å²) in [6.45, 7) is 3.39. The largest absolute Gasteiger partial charge is 0.497 e. The number of hydrogen-bond acceptors (Lipinski definition) is 6. The van der Waals surface area contributed by atoms with Gasteiger partial charge in [-0.05, 0) is 55.8 Å². The molecule has 1 unspecified atom stereocenters. The number of rotatable bonds is 8. The van der Waals surface area contributed by atoms with Gasteiger partial charge in [-0.15, -0.1) is 0 Å². The van der Waals surface area contributed by atoms with Crippen molar-refractivity contribution in [3.8, 4) is 17.2 Å². The van der Waals surface area contributed by atoms with Crippen LogP contribution in [0.25, 0.3) is 6.08 Å². The maximum absolute atomic E-state index is 12.4. The smallest absolute Gasteiger partial charge is 0.331 e. The van der Waals surface area contributed by atoms with Crippen molar-refractivity contribution in [2.75, 3.05) is 26.6 Å². The Morgan fingerprint density at radius 3 is 2.31 bits per heavy atom. The molecular weight excluding hydrogens is 374 g/mol. The maximum Gasteiger partial charge on any atom is 0.331 e. The number of ether oxygens (including phenoxy) is 4. The quantitative estimate of drug-likeness (QED) is 0.539. The first kappa shape index (κ1) is 21.8. The van der Waals surface area contributed by atoms with Crippen LogP contribution in [0.3, 0.4) is 0 Å². The number of nitrogens with one attached hydrogen (secondary N) is 1. The molecular formula is C22H25NO6. The van der Waals surface area contributed by atoms with Crippen molar-refractivity contribution >= 4 is 23.6 Å². The Hall–Kier alpha value is -3.48. The molecule has 0 heterocycles. The van der Waals surface area contributed by atoms with E-state index in [2.05, 4.69) is 5.32 Å². The molecule has 0 bridgehead atoms. The second kappa shape index (κ2) is 10.2. The summed E-state index contributed by atoms with van der Waals surface area (Å²) < 4.78 is 20.9. The van der Waals surface area contributed by atoms with Crippen LogP contribution in [0.1, 0.15) is 18.1 Å². The van der Waals surface area contributed by atoms with Crippen molar-refractivity contribution in [3.05, 3.63) is 53.6 Å². The maximum atomic E-state index is 12.4. The Balaban J connectivity index is 2.03. The van der Waals surface area contributed by atoms with Crippen LogP contribution >= 0.6 is 0 Å². The van der Waals surface area contributed by atoms with Gasteiger partial charge in [-0.25, -0.2) is 4.79 Å². The van der Waals surface area contributed by atoms with E-state index in [1.54, 1.807) is 37.4 Å². The lowest BCUT2D eigenvalue weighted by Crippen LogP contribution is -2.29. The van der Waals surface area contributed by atoms with E-state index in [0.717, 1.165) is 5.56 Å². The number of benzene rings is 2. The number of aryl methyl sites for hydroxylation is 1. The van der Waals surface area contributed by atoms with Gasteiger partial charge >= 0.3 is 5.97 Å². The topological polar surface area (TPSA) is 83.1 Å². The fourth-order valence-corrected chi connectivity index (χ4v) is 2.55. The van der Waals surface area contributed by atoms with Gasteiger partial charge in [0.25, 0.3) is 5.91 Å². The highest BCUT2D eigenvalue weighted by atomic mass is 16.5. The predicted octanol–water partition coefficient (Wildman–Crippen LogP) is 3.60. The second-order valence-corrected chi connectivity index (χ2v) is 6.21. The average molecular weight is 399 g/mol. The van der Waals surface area contributed by atoms with Gasteiger partial charge in [0.15, 0.2) is 6.10 Å². The van der Waals surface area contributed by atoms with E-state index in [-0.39, 0.29) is 0 Å². The van der Waals surface area contributed by atoms with Crippen molar-refractivity contribution in [1.29, 1.82) is 0 Å². The summed E-state index contributed by atoms with van der Waals surface area (Å²) in [4.78, 5) is 24.5. The lowest BCUT2D eigenvalue weighted by Gasteiger charge is -2.15. The third-order valence-electron chi connectivity index (χ3n) is 4.11. The summed E-state index contributed by atoms with van der Waals surface area (Å²) >= 11 is 0. The first-order valence-electron chi connectivity index (χ1n) is 8.94. The van der Waals surface area contributed by atoms with Crippen LogP contribution in [0, 0.1) is 6.92 Å². The molecule has 1 atom stereocenters. The number of amides is 1. The first-order chi connectivity index (χ1) is 13.9. The molecule has 0 saturated carbocycles. The lowest BCUT2D eigenvalue weighted by atomic mass is 10.1. The minimum absolute atomic E-state index is 0.463. The van der Waals surface area contributed by atoms with E-state index in [0.29, 0.717) is 28.5 Å². The first-order valence-corrected chi connectivity index (χ1v) is 8.94. The zero-order valence-corrected chi connectivity index (χ0v) is 17.1. The monoisotopic (exact) mass is 399 g/mol. The molecule has 0 radical (unpaired) electrons. The lowest BCUT2D eigenvalue weighted by molar-refractivity contribution is -0.148. The summed E-state index contributed by atoms with van der Waals surface area (Å²) in [7, 11) is 4.60. The highest BCUT2D eigenvalue weighted by molar-refractivity contribution is 5.97. The highest BCUT2D eigenvalue weighted by Crippen LogP contribution is 2.26. The molecule has 0 aromatic heterocycles. The summed E-state index contributed by atoms with van der Waals surface area (Å²) in [6, 6.07) is 10.6. The Morgan fingerprint density at radius 1 is 0.966 bits per heavy atom. The van der Waals surface area contributed by atoms with E-state index in [1.807, 2.05) is 13.0 Å². The number of esters is 1. The summed E-state index contributed by atoms with van der Waals surface area (Å²) in [5.74, 6) is 0.599. The van der Waals surface area contributed by atoms with Crippen molar-refractivity contribution in [1.82, 2.24) is 0 Å². The van der Waals surface area contributed by atoms with Crippen molar-refractivity contribution in [2.45, 2.75) is 20.0 Å². The Kier molecular flexibility index (Phi) is 7.65. The van der Waals surface area contributed by atoms with Gasteiger partial charge in [0, 0.05) is 11.6 Å².